The van der Waals surface area contributed by atoms with Crippen molar-refractivity contribution in [2.24, 2.45) is 0 Å². The van der Waals surface area contributed by atoms with Crippen LogP contribution in [0.25, 0.3) is 0 Å². The van der Waals surface area contributed by atoms with Crippen LogP contribution < -0.4 is 10.1 Å². The van der Waals surface area contributed by atoms with Crippen molar-refractivity contribution in [1.82, 2.24) is 10.2 Å². The summed E-state index contributed by atoms with van der Waals surface area (Å²) in [5, 5.41) is 2.13. The van der Waals surface area contributed by atoms with Gasteiger partial charge in [-0.1, -0.05) is 42.5 Å². The minimum atomic E-state index is -4.20. The fraction of sp³-hybridized carbons (Fsp3) is 0.400. The normalized spacial score (nSPS) is 15.8. The van der Waals surface area contributed by atoms with Gasteiger partial charge in [0.05, 0.1) is 13.2 Å². The molecule has 1 atom stereocenters. The fourth-order valence-corrected chi connectivity index (χ4v) is 3.93. The molecule has 3 rings (SSSR count). The Hall–Kier alpha value is -3.29. The zero-order valence-corrected chi connectivity index (χ0v) is 18.6. The lowest BCUT2D eigenvalue weighted by Gasteiger charge is -2.26. The summed E-state index contributed by atoms with van der Waals surface area (Å²) in [5.41, 5.74) is 1.67. The van der Waals surface area contributed by atoms with E-state index in [-0.39, 0.29) is 31.8 Å². The van der Waals surface area contributed by atoms with E-state index in [9.17, 15) is 23.2 Å². The highest BCUT2D eigenvalue weighted by Gasteiger charge is 2.52. The molecule has 0 aliphatic carbocycles. The molecule has 0 bridgehead atoms. The number of hydrogen-bond acceptors (Lipinski definition) is 4. The van der Waals surface area contributed by atoms with Gasteiger partial charge in [-0.25, -0.2) is 0 Å². The van der Waals surface area contributed by atoms with Crippen molar-refractivity contribution in [2.45, 2.75) is 50.6 Å². The summed E-state index contributed by atoms with van der Waals surface area (Å²) in [5.74, 6) is -6.98. The van der Waals surface area contributed by atoms with E-state index in [1.807, 2.05) is 24.3 Å². The molecule has 1 unspecified atom stereocenters. The quantitative estimate of drug-likeness (QED) is 0.553. The van der Waals surface area contributed by atoms with Gasteiger partial charge in [-0.2, -0.15) is 8.78 Å². The molecule has 8 heteroatoms. The van der Waals surface area contributed by atoms with Crippen molar-refractivity contribution in [3.8, 4) is 5.75 Å². The minimum Gasteiger partial charge on any atom is -0.497 e. The Bertz CT molecular complexity index is 964. The third-order valence-corrected chi connectivity index (χ3v) is 5.78. The SMILES string of the molecule is COc1ccc(CCCC(=O)N2CCCC2C(=O)C(F)(F)C(=O)NCc2ccccc2)cc1. The Labute approximate surface area is 191 Å². The number of halogens is 2. The molecule has 0 aromatic heterocycles. The Morgan fingerprint density at radius 3 is 2.42 bits per heavy atom. The third kappa shape index (κ3) is 6.15. The molecule has 2 amide bonds. The Morgan fingerprint density at radius 1 is 1.06 bits per heavy atom. The predicted molar refractivity (Wildman–Crippen MR) is 119 cm³/mol. The van der Waals surface area contributed by atoms with Gasteiger partial charge < -0.3 is 15.0 Å². The first-order valence-corrected chi connectivity index (χ1v) is 11.0. The molecular weight excluding hydrogens is 430 g/mol. The molecule has 2 aromatic rings. The van der Waals surface area contributed by atoms with Gasteiger partial charge in [0.2, 0.25) is 11.7 Å². The number of carbonyl (C=O) groups excluding carboxylic acids is 3. The largest absolute Gasteiger partial charge is 0.497 e. The number of benzene rings is 2. The second-order valence-electron chi connectivity index (χ2n) is 8.05. The first kappa shape index (κ1) is 24.4. The van der Waals surface area contributed by atoms with Gasteiger partial charge in [0.1, 0.15) is 5.75 Å². The van der Waals surface area contributed by atoms with Crippen LogP contribution in [0.15, 0.2) is 54.6 Å². The van der Waals surface area contributed by atoms with Crippen LogP contribution in [0.2, 0.25) is 0 Å². The van der Waals surface area contributed by atoms with Crippen molar-refractivity contribution in [1.29, 1.82) is 0 Å². The average molecular weight is 459 g/mol. The number of hydrogen-bond donors (Lipinski definition) is 1. The number of amides is 2. The first-order valence-electron chi connectivity index (χ1n) is 11.0. The van der Waals surface area contributed by atoms with Crippen molar-refractivity contribution in [2.75, 3.05) is 13.7 Å². The second-order valence-corrected chi connectivity index (χ2v) is 8.05. The van der Waals surface area contributed by atoms with E-state index in [4.69, 9.17) is 4.74 Å². The van der Waals surface area contributed by atoms with Crippen LogP contribution >= 0.6 is 0 Å². The van der Waals surface area contributed by atoms with Crippen LogP contribution in [-0.4, -0.2) is 48.1 Å². The van der Waals surface area contributed by atoms with Crippen molar-refractivity contribution >= 4 is 17.6 Å². The van der Waals surface area contributed by atoms with Gasteiger partial charge >= 0.3 is 5.92 Å². The summed E-state index contributed by atoms with van der Waals surface area (Å²) in [4.78, 5) is 38.5. The molecule has 0 saturated carbocycles. The molecule has 1 N–H and O–H groups in total. The number of ether oxygens (including phenoxy) is 1. The monoisotopic (exact) mass is 458 g/mol. The smallest absolute Gasteiger partial charge is 0.383 e. The van der Waals surface area contributed by atoms with Crippen LogP contribution in [0, 0.1) is 0 Å². The molecule has 6 nitrogen and oxygen atoms in total. The molecule has 0 spiro atoms. The molecule has 1 aliphatic rings. The summed E-state index contributed by atoms with van der Waals surface area (Å²) in [6, 6.07) is 14.8. The number of alkyl halides is 2. The standard InChI is InChI=1S/C25H28F2N2O4/c1-33-20-14-12-18(13-15-20)9-5-11-22(30)29-16-6-10-21(29)23(31)25(26,27)24(32)28-17-19-7-3-2-4-8-19/h2-4,7-8,12-15,21H,5-6,9-11,16-17H2,1H3,(H,28,32). The number of nitrogens with one attached hydrogen (secondary N) is 1. The maximum Gasteiger partial charge on any atom is 0.383 e. The van der Waals surface area contributed by atoms with E-state index in [0.29, 0.717) is 24.8 Å². The molecule has 33 heavy (non-hydrogen) atoms. The predicted octanol–water partition coefficient (Wildman–Crippen LogP) is 3.53. The maximum atomic E-state index is 14.6. The molecule has 1 heterocycles. The number of ketones is 1. The number of likely N-dealkylation sites (tertiary alicyclic amines) is 1. The Balaban J connectivity index is 1.53. The zero-order chi connectivity index (χ0) is 23.8. The average Bonchev–Trinajstić information content (AvgIpc) is 3.33. The Morgan fingerprint density at radius 2 is 1.76 bits per heavy atom. The molecule has 2 aromatic carbocycles. The number of nitrogens with zero attached hydrogens (tertiary/aromatic N) is 1. The number of Topliss-reactive ketones (excluding diaryl/α,β-unsaturated/α-hetero) is 1. The third-order valence-electron chi connectivity index (χ3n) is 5.78. The van der Waals surface area contributed by atoms with Gasteiger partial charge in [0.15, 0.2) is 0 Å². The first-order chi connectivity index (χ1) is 15.8. The maximum absolute atomic E-state index is 14.6. The second kappa shape index (κ2) is 11.0. The van der Waals surface area contributed by atoms with E-state index in [2.05, 4.69) is 5.32 Å². The van der Waals surface area contributed by atoms with Crippen LogP contribution in [0.3, 0.4) is 0 Å². The number of carbonyl (C=O) groups is 3. The molecule has 1 fully saturated rings. The van der Waals surface area contributed by atoms with Gasteiger partial charge in [-0.05, 0) is 48.9 Å². The molecule has 176 valence electrons. The summed E-state index contributed by atoms with van der Waals surface area (Å²) in [6.07, 6.45) is 1.88. The topological polar surface area (TPSA) is 75.7 Å². The minimum absolute atomic E-state index is 0.110. The van der Waals surface area contributed by atoms with Crippen LogP contribution in [0.1, 0.15) is 36.8 Å². The van der Waals surface area contributed by atoms with E-state index in [0.717, 1.165) is 11.3 Å². The van der Waals surface area contributed by atoms with Crippen molar-refractivity contribution in [3.05, 3.63) is 65.7 Å². The van der Waals surface area contributed by atoms with E-state index < -0.39 is 23.7 Å². The molecular formula is C25H28F2N2O4. The summed E-state index contributed by atoms with van der Waals surface area (Å²) < 4.78 is 34.4. The summed E-state index contributed by atoms with van der Waals surface area (Å²) in [6.45, 7) is 0.126. The number of rotatable bonds is 10. The number of methoxy groups -OCH3 is 1. The van der Waals surface area contributed by atoms with E-state index in [1.54, 1.807) is 37.4 Å². The van der Waals surface area contributed by atoms with Crippen LogP contribution in [-0.2, 0) is 27.3 Å². The van der Waals surface area contributed by atoms with Crippen LogP contribution in [0.5, 0.6) is 5.75 Å². The zero-order valence-electron chi connectivity index (χ0n) is 18.6. The van der Waals surface area contributed by atoms with Crippen molar-refractivity contribution < 1.29 is 27.9 Å². The molecule has 0 radical (unpaired) electrons. The Kier molecular flexibility index (Phi) is 8.14. The lowest BCUT2D eigenvalue weighted by Crippen LogP contribution is -2.53. The van der Waals surface area contributed by atoms with Crippen molar-refractivity contribution in [3.63, 3.8) is 0 Å². The lowest BCUT2D eigenvalue weighted by molar-refractivity contribution is -0.163. The van der Waals surface area contributed by atoms with E-state index in [1.165, 1.54) is 4.90 Å². The highest BCUT2D eigenvalue weighted by Crippen LogP contribution is 2.27. The summed E-state index contributed by atoms with van der Waals surface area (Å²) >= 11 is 0. The number of aryl methyl sites for hydroxylation is 1. The highest BCUT2D eigenvalue weighted by atomic mass is 19.3. The fourth-order valence-electron chi connectivity index (χ4n) is 3.93. The molecule has 1 aliphatic heterocycles. The molecule has 1 saturated heterocycles. The lowest BCUT2D eigenvalue weighted by atomic mass is 10.0. The van der Waals surface area contributed by atoms with E-state index >= 15 is 0 Å². The van der Waals surface area contributed by atoms with Gasteiger partial charge in [-0.3, -0.25) is 14.4 Å². The van der Waals surface area contributed by atoms with Gasteiger partial charge in [0.25, 0.3) is 5.91 Å². The van der Waals surface area contributed by atoms with Crippen LogP contribution in [0.4, 0.5) is 8.78 Å². The highest BCUT2D eigenvalue weighted by molar-refractivity contribution is 6.10. The van der Waals surface area contributed by atoms with Gasteiger partial charge in [-0.15, -0.1) is 0 Å². The summed E-state index contributed by atoms with van der Waals surface area (Å²) in [7, 11) is 1.58. The van der Waals surface area contributed by atoms with Gasteiger partial charge in [0, 0.05) is 19.5 Å².